The van der Waals surface area contributed by atoms with Crippen molar-refractivity contribution in [3.63, 3.8) is 0 Å². The number of rotatable bonds is 5. The molecule has 0 saturated heterocycles. The summed E-state index contributed by atoms with van der Waals surface area (Å²) >= 11 is 1.26. The smallest absolute Gasteiger partial charge is 0.326 e. The van der Waals surface area contributed by atoms with Gasteiger partial charge < -0.3 is 15.5 Å². The number of phenols is 1. The van der Waals surface area contributed by atoms with Crippen LogP contribution in [0.1, 0.15) is 16.1 Å². The van der Waals surface area contributed by atoms with Gasteiger partial charge in [0.15, 0.2) is 0 Å². The standard InChI is InChI=1S/C13H12N2O4S/c16-9-3-1-8(2-4-9)5-10(13(18)19)15-12(17)11-6-20-7-14-11/h1-4,6-7,10,16H,5H2,(H,15,17)(H,18,19). The first-order chi connectivity index (χ1) is 9.56. The van der Waals surface area contributed by atoms with Crippen LogP contribution >= 0.6 is 11.3 Å². The van der Waals surface area contributed by atoms with Crippen molar-refractivity contribution in [3.8, 4) is 5.75 Å². The largest absolute Gasteiger partial charge is 0.508 e. The van der Waals surface area contributed by atoms with E-state index >= 15 is 0 Å². The first-order valence-corrected chi connectivity index (χ1v) is 6.70. The van der Waals surface area contributed by atoms with E-state index in [4.69, 9.17) is 5.11 Å². The SMILES string of the molecule is O=C(NC(Cc1ccc(O)cc1)C(=O)O)c1cscn1. The summed E-state index contributed by atoms with van der Waals surface area (Å²) in [6.45, 7) is 0. The molecular weight excluding hydrogens is 280 g/mol. The van der Waals surface area contributed by atoms with E-state index in [-0.39, 0.29) is 17.9 Å². The average molecular weight is 292 g/mol. The molecule has 6 nitrogen and oxygen atoms in total. The molecule has 1 heterocycles. The monoisotopic (exact) mass is 292 g/mol. The van der Waals surface area contributed by atoms with E-state index in [0.717, 1.165) is 0 Å². The number of thiazole rings is 1. The summed E-state index contributed by atoms with van der Waals surface area (Å²) in [5.41, 5.74) is 2.41. The van der Waals surface area contributed by atoms with Crippen LogP contribution in [0.4, 0.5) is 0 Å². The molecule has 0 radical (unpaired) electrons. The maximum Gasteiger partial charge on any atom is 0.326 e. The fourth-order valence-electron chi connectivity index (χ4n) is 1.62. The third-order valence-corrected chi connectivity index (χ3v) is 3.23. The zero-order chi connectivity index (χ0) is 14.5. The maximum atomic E-state index is 11.8. The number of nitrogens with one attached hydrogen (secondary N) is 1. The Bertz CT molecular complexity index is 595. The number of aliphatic carboxylic acids is 1. The summed E-state index contributed by atoms with van der Waals surface area (Å²) in [7, 11) is 0. The molecule has 0 spiro atoms. The summed E-state index contributed by atoms with van der Waals surface area (Å²) in [6, 6.07) is 5.11. The number of benzene rings is 1. The lowest BCUT2D eigenvalue weighted by molar-refractivity contribution is -0.139. The van der Waals surface area contributed by atoms with Gasteiger partial charge in [0.2, 0.25) is 0 Å². The summed E-state index contributed by atoms with van der Waals surface area (Å²) in [6.07, 6.45) is 0.130. The van der Waals surface area contributed by atoms with Crippen LogP contribution in [-0.4, -0.2) is 33.1 Å². The summed E-state index contributed by atoms with van der Waals surface area (Å²) in [5.74, 6) is -1.54. The number of carboxylic acid groups (broad SMARTS) is 1. The van der Waals surface area contributed by atoms with Gasteiger partial charge in [-0.05, 0) is 17.7 Å². The van der Waals surface area contributed by atoms with E-state index in [1.807, 2.05) is 0 Å². The molecule has 1 amide bonds. The molecule has 0 saturated carbocycles. The van der Waals surface area contributed by atoms with Gasteiger partial charge in [-0.25, -0.2) is 9.78 Å². The summed E-state index contributed by atoms with van der Waals surface area (Å²) in [5, 5.41) is 22.3. The highest BCUT2D eigenvalue weighted by molar-refractivity contribution is 7.07. The lowest BCUT2D eigenvalue weighted by Gasteiger charge is -2.13. The quantitative estimate of drug-likeness (QED) is 0.770. The molecule has 0 aliphatic rings. The van der Waals surface area contributed by atoms with E-state index in [9.17, 15) is 14.7 Å². The van der Waals surface area contributed by atoms with Gasteiger partial charge in [0.1, 0.15) is 17.5 Å². The maximum absolute atomic E-state index is 11.8. The third-order valence-electron chi connectivity index (χ3n) is 2.64. The van der Waals surface area contributed by atoms with Gasteiger partial charge in [-0.1, -0.05) is 12.1 Å². The van der Waals surface area contributed by atoms with Crippen molar-refractivity contribution >= 4 is 23.2 Å². The van der Waals surface area contributed by atoms with Crippen LogP contribution in [0.25, 0.3) is 0 Å². The van der Waals surface area contributed by atoms with Crippen molar-refractivity contribution < 1.29 is 19.8 Å². The van der Waals surface area contributed by atoms with E-state index in [1.165, 1.54) is 29.0 Å². The second kappa shape index (κ2) is 6.16. The minimum absolute atomic E-state index is 0.104. The molecule has 20 heavy (non-hydrogen) atoms. The minimum Gasteiger partial charge on any atom is -0.508 e. The number of aromatic hydroxyl groups is 1. The predicted molar refractivity (Wildman–Crippen MR) is 72.8 cm³/mol. The van der Waals surface area contributed by atoms with Crippen molar-refractivity contribution in [3.05, 3.63) is 46.4 Å². The van der Waals surface area contributed by atoms with Gasteiger partial charge >= 0.3 is 5.97 Å². The predicted octanol–water partition coefficient (Wildman–Crippen LogP) is 1.27. The third kappa shape index (κ3) is 3.55. The lowest BCUT2D eigenvalue weighted by atomic mass is 10.1. The van der Waals surface area contributed by atoms with Crippen LogP contribution in [0.2, 0.25) is 0 Å². The molecular formula is C13H12N2O4S. The Balaban J connectivity index is 2.06. The van der Waals surface area contributed by atoms with Crippen LogP contribution < -0.4 is 5.32 Å². The first-order valence-electron chi connectivity index (χ1n) is 5.76. The highest BCUT2D eigenvalue weighted by Gasteiger charge is 2.21. The zero-order valence-corrected chi connectivity index (χ0v) is 11.1. The Morgan fingerprint density at radius 2 is 2.00 bits per heavy atom. The van der Waals surface area contributed by atoms with Gasteiger partial charge in [0.25, 0.3) is 5.91 Å². The van der Waals surface area contributed by atoms with E-state index in [1.54, 1.807) is 17.5 Å². The topological polar surface area (TPSA) is 99.5 Å². The molecule has 0 aliphatic carbocycles. The van der Waals surface area contributed by atoms with Crippen molar-refractivity contribution in [2.75, 3.05) is 0 Å². The fraction of sp³-hybridized carbons (Fsp3) is 0.154. The molecule has 1 aromatic carbocycles. The number of carboxylic acids is 1. The molecule has 104 valence electrons. The second-order valence-electron chi connectivity index (χ2n) is 4.11. The van der Waals surface area contributed by atoms with Crippen molar-refractivity contribution in [1.82, 2.24) is 10.3 Å². The number of amides is 1. The van der Waals surface area contributed by atoms with E-state index in [0.29, 0.717) is 5.56 Å². The number of hydrogen-bond acceptors (Lipinski definition) is 5. The number of nitrogens with zero attached hydrogens (tertiary/aromatic N) is 1. The molecule has 2 rings (SSSR count). The number of aromatic nitrogens is 1. The van der Waals surface area contributed by atoms with Gasteiger partial charge in [-0.2, -0.15) is 0 Å². The summed E-state index contributed by atoms with van der Waals surface area (Å²) < 4.78 is 0. The minimum atomic E-state index is -1.12. The Kier molecular flexibility index (Phi) is 4.31. The van der Waals surface area contributed by atoms with Crippen LogP contribution in [-0.2, 0) is 11.2 Å². The van der Waals surface area contributed by atoms with Crippen LogP contribution in [0.3, 0.4) is 0 Å². The number of carbonyl (C=O) groups excluding carboxylic acids is 1. The highest BCUT2D eigenvalue weighted by atomic mass is 32.1. The number of carbonyl (C=O) groups is 2. The van der Waals surface area contributed by atoms with Crippen molar-refractivity contribution in [1.29, 1.82) is 0 Å². The number of phenolic OH excluding ortho intramolecular Hbond substituents is 1. The first kappa shape index (κ1) is 14.0. The molecule has 0 fully saturated rings. The molecule has 1 unspecified atom stereocenters. The van der Waals surface area contributed by atoms with E-state index < -0.39 is 17.9 Å². The second-order valence-corrected chi connectivity index (χ2v) is 4.83. The Labute approximate surface area is 118 Å². The van der Waals surface area contributed by atoms with Gasteiger partial charge in [-0.3, -0.25) is 4.79 Å². The average Bonchev–Trinajstić information content (AvgIpc) is 2.94. The van der Waals surface area contributed by atoms with Crippen molar-refractivity contribution in [2.24, 2.45) is 0 Å². The molecule has 2 aromatic rings. The molecule has 0 bridgehead atoms. The van der Waals surface area contributed by atoms with Crippen LogP contribution in [0, 0.1) is 0 Å². The van der Waals surface area contributed by atoms with Gasteiger partial charge in [0, 0.05) is 11.8 Å². The van der Waals surface area contributed by atoms with E-state index in [2.05, 4.69) is 10.3 Å². The van der Waals surface area contributed by atoms with Gasteiger partial charge in [-0.15, -0.1) is 11.3 Å². The van der Waals surface area contributed by atoms with Crippen molar-refractivity contribution in [2.45, 2.75) is 12.5 Å². The van der Waals surface area contributed by atoms with Gasteiger partial charge in [0.05, 0.1) is 5.51 Å². The molecule has 0 aliphatic heterocycles. The molecule has 7 heteroatoms. The summed E-state index contributed by atoms with van der Waals surface area (Å²) in [4.78, 5) is 26.8. The molecule has 1 atom stereocenters. The molecule has 3 N–H and O–H groups in total. The fourth-order valence-corrected chi connectivity index (χ4v) is 2.16. The van der Waals surface area contributed by atoms with Crippen LogP contribution in [0.15, 0.2) is 35.2 Å². The molecule has 1 aromatic heterocycles. The lowest BCUT2D eigenvalue weighted by Crippen LogP contribution is -2.42. The Morgan fingerprint density at radius 3 is 2.55 bits per heavy atom. The highest BCUT2D eigenvalue weighted by Crippen LogP contribution is 2.12. The Morgan fingerprint density at radius 1 is 1.30 bits per heavy atom. The van der Waals surface area contributed by atoms with Crippen LogP contribution in [0.5, 0.6) is 5.75 Å². The number of hydrogen-bond donors (Lipinski definition) is 3. The normalized spacial score (nSPS) is 11.8. The Hall–Kier alpha value is -2.41. The zero-order valence-electron chi connectivity index (χ0n) is 10.3.